The first kappa shape index (κ1) is 29.7. The number of benzene rings is 1. The summed E-state index contributed by atoms with van der Waals surface area (Å²) < 4.78 is 26.1. The molecule has 0 radical (unpaired) electrons. The third-order valence-electron chi connectivity index (χ3n) is 3.91. The number of anilines is 1. The lowest BCUT2D eigenvalue weighted by molar-refractivity contribution is 0.0519. The number of carbonyl (C=O) groups is 2. The fourth-order valence-corrected chi connectivity index (χ4v) is 6.40. The molecule has 0 fully saturated rings. The Balaban J connectivity index is 3.67. The topological polar surface area (TPSA) is 176 Å². The van der Waals surface area contributed by atoms with Crippen LogP contribution in [-0.4, -0.2) is 95.8 Å². The fraction of sp³-hybridized carbons (Fsp3) is 0.500. The van der Waals surface area contributed by atoms with Crippen molar-refractivity contribution in [3.8, 4) is 0 Å². The number of sulfonamides is 1. The molecule has 1 rings (SSSR count). The number of alkyl halides is 1. The van der Waals surface area contributed by atoms with Crippen molar-refractivity contribution in [3.05, 3.63) is 24.5 Å². The summed E-state index contributed by atoms with van der Waals surface area (Å²) in [4.78, 5) is 27.0. The number of hydrogen-bond donors (Lipinski definition) is 6. The first-order valence-electron chi connectivity index (χ1n) is 8.69. The maximum absolute atomic E-state index is 13.1. The van der Waals surface area contributed by atoms with Crippen LogP contribution in [0.5, 0.6) is 0 Å². The van der Waals surface area contributed by atoms with Gasteiger partial charge in [0, 0.05) is 24.6 Å². The van der Waals surface area contributed by atoms with Gasteiger partial charge in [-0.2, -0.15) is 0 Å². The molecule has 2 amide bonds. The zero-order valence-corrected chi connectivity index (χ0v) is 23.6. The minimum Gasteiger partial charge on any atom is -0.394 e. The summed E-state index contributed by atoms with van der Waals surface area (Å²) in [6.07, 6.45) is -2.45. The molecule has 2 unspecified atom stereocenters. The van der Waals surface area contributed by atoms with E-state index in [-0.39, 0.29) is 43.3 Å². The number of likely N-dealkylation sites (N-methyl/N-ethyl adjacent to an activating group) is 1. The molecule has 0 saturated heterocycles. The van der Waals surface area contributed by atoms with E-state index < -0.39 is 51.9 Å². The third-order valence-corrected chi connectivity index (χ3v) is 8.90. The van der Waals surface area contributed by atoms with Crippen LogP contribution in [-0.2, 0) is 10.0 Å². The van der Waals surface area contributed by atoms with Crippen molar-refractivity contribution in [3.63, 3.8) is 0 Å². The molecular formula is C16H21Br4N3O8S. The molecule has 0 aliphatic carbocycles. The first-order chi connectivity index (χ1) is 14.8. The molecule has 182 valence electrons. The third kappa shape index (κ3) is 7.59. The van der Waals surface area contributed by atoms with E-state index in [0.717, 1.165) is 4.90 Å². The van der Waals surface area contributed by atoms with Gasteiger partial charge in [0.2, 0.25) is 10.0 Å². The van der Waals surface area contributed by atoms with E-state index >= 15 is 0 Å². The molecule has 0 bridgehead atoms. The Labute approximate surface area is 218 Å². The summed E-state index contributed by atoms with van der Waals surface area (Å²) in [6, 6.07) is 0. The van der Waals surface area contributed by atoms with Crippen LogP contribution in [0.25, 0.3) is 0 Å². The smallest absolute Gasteiger partial charge is 0.256 e. The average Bonchev–Trinajstić information content (AvgIpc) is 2.74. The summed E-state index contributed by atoms with van der Waals surface area (Å²) >= 11 is 12.5. The highest BCUT2D eigenvalue weighted by molar-refractivity contribution is 9.12. The normalized spacial score (nSPS) is 13.4. The number of amides is 2. The Bertz CT molecular complexity index is 963. The Morgan fingerprint density at radius 1 is 1.00 bits per heavy atom. The molecular weight excluding hydrogens is 714 g/mol. The SMILES string of the molecule is CN(CC(O)CO)C(=O)c1c(Br)c(NS(=O)(=O)CBr)c(Br)c(C(=O)NCC(O)CO)c1Br. The lowest BCUT2D eigenvalue weighted by Gasteiger charge is -2.24. The number of rotatable bonds is 11. The van der Waals surface area contributed by atoms with Gasteiger partial charge in [0.1, 0.15) is 4.66 Å². The van der Waals surface area contributed by atoms with Crippen molar-refractivity contribution in [2.24, 2.45) is 0 Å². The molecule has 0 aromatic heterocycles. The van der Waals surface area contributed by atoms with Crippen LogP contribution in [0.4, 0.5) is 5.69 Å². The van der Waals surface area contributed by atoms with Gasteiger partial charge in [-0.1, -0.05) is 15.9 Å². The van der Waals surface area contributed by atoms with Gasteiger partial charge in [-0.15, -0.1) is 0 Å². The standard InChI is InChI=1S/C16H21Br4N3O8S/c1-23(3-8(27)5-25)16(29)10-11(18)9(15(28)21-2-7(26)4-24)12(19)14(13(10)20)22-32(30,31)6-17/h7-8,22,24-27H,2-6H2,1H3,(H,21,28). The lowest BCUT2D eigenvalue weighted by Crippen LogP contribution is -2.37. The Morgan fingerprint density at radius 2 is 1.53 bits per heavy atom. The van der Waals surface area contributed by atoms with Gasteiger partial charge in [0.25, 0.3) is 11.8 Å². The Kier molecular flexibility index (Phi) is 12.0. The van der Waals surface area contributed by atoms with E-state index in [1.165, 1.54) is 7.05 Å². The summed E-state index contributed by atoms with van der Waals surface area (Å²) in [6.45, 7) is -1.73. The number of aliphatic hydroxyl groups excluding tert-OH is 4. The highest BCUT2D eigenvalue weighted by Crippen LogP contribution is 2.43. The van der Waals surface area contributed by atoms with Crippen molar-refractivity contribution in [1.82, 2.24) is 10.2 Å². The van der Waals surface area contributed by atoms with E-state index in [9.17, 15) is 28.2 Å². The molecule has 32 heavy (non-hydrogen) atoms. The predicted molar refractivity (Wildman–Crippen MR) is 131 cm³/mol. The number of nitrogens with one attached hydrogen (secondary N) is 2. The van der Waals surface area contributed by atoms with Crippen LogP contribution >= 0.6 is 63.7 Å². The minimum atomic E-state index is -3.90. The number of hydrogen-bond acceptors (Lipinski definition) is 8. The van der Waals surface area contributed by atoms with Crippen molar-refractivity contribution in [1.29, 1.82) is 0 Å². The number of aliphatic hydroxyl groups is 4. The second kappa shape index (κ2) is 12.9. The van der Waals surface area contributed by atoms with Gasteiger partial charge in [-0.3, -0.25) is 14.3 Å². The number of carbonyl (C=O) groups excluding carboxylic acids is 2. The quantitative estimate of drug-likeness (QED) is 0.179. The van der Waals surface area contributed by atoms with Gasteiger partial charge in [-0.25, -0.2) is 8.42 Å². The largest absolute Gasteiger partial charge is 0.394 e. The molecule has 1 aromatic carbocycles. The van der Waals surface area contributed by atoms with Crippen molar-refractivity contribution in [2.45, 2.75) is 12.2 Å². The lowest BCUT2D eigenvalue weighted by atomic mass is 10.1. The van der Waals surface area contributed by atoms with Crippen LogP contribution in [0.3, 0.4) is 0 Å². The molecule has 11 nitrogen and oxygen atoms in total. The Morgan fingerprint density at radius 3 is 2.03 bits per heavy atom. The van der Waals surface area contributed by atoms with E-state index in [4.69, 9.17) is 10.2 Å². The molecule has 16 heteroatoms. The molecule has 6 N–H and O–H groups in total. The average molecular weight is 735 g/mol. The van der Waals surface area contributed by atoms with Crippen LogP contribution in [0.2, 0.25) is 0 Å². The van der Waals surface area contributed by atoms with Crippen LogP contribution in [0, 0.1) is 0 Å². The second-order valence-electron chi connectivity index (χ2n) is 6.46. The van der Waals surface area contributed by atoms with Crippen molar-refractivity contribution in [2.75, 3.05) is 42.7 Å². The molecule has 2 atom stereocenters. The highest BCUT2D eigenvalue weighted by Gasteiger charge is 2.31. The summed E-state index contributed by atoms with van der Waals surface area (Å²) in [5, 5.41) is 39.5. The van der Waals surface area contributed by atoms with E-state index in [1.54, 1.807) is 0 Å². The second-order valence-corrected chi connectivity index (χ2v) is 11.9. The number of halogens is 4. The summed E-state index contributed by atoms with van der Waals surface area (Å²) in [7, 11) is -2.55. The van der Waals surface area contributed by atoms with Crippen LogP contribution in [0.15, 0.2) is 13.4 Å². The highest BCUT2D eigenvalue weighted by atomic mass is 79.9. The predicted octanol–water partition coefficient (Wildman–Crippen LogP) is 0.576. The fourth-order valence-electron chi connectivity index (χ4n) is 2.33. The van der Waals surface area contributed by atoms with Crippen molar-refractivity contribution >= 4 is 91.2 Å². The zero-order chi connectivity index (χ0) is 24.8. The van der Waals surface area contributed by atoms with E-state index in [1.807, 2.05) is 0 Å². The van der Waals surface area contributed by atoms with Crippen LogP contribution < -0.4 is 10.0 Å². The van der Waals surface area contributed by atoms with Gasteiger partial charge < -0.3 is 30.6 Å². The molecule has 0 aliphatic rings. The van der Waals surface area contributed by atoms with Gasteiger partial charge in [-0.05, 0) is 47.8 Å². The summed E-state index contributed by atoms with van der Waals surface area (Å²) in [5.41, 5.74) is -0.439. The maximum atomic E-state index is 13.1. The van der Waals surface area contributed by atoms with E-state index in [2.05, 4.69) is 73.8 Å². The molecule has 0 aliphatic heterocycles. The molecule has 1 aromatic rings. The van der Waals surface area contributed by atoms with Gasteiger partial charge >= 0.3 is 0 Å². The maximum Gasteiger partial charge on any atom is 0.256 e. The summed E-state index contributed by atoms with van der Waals surface area (Å²) in [5.74, 6) is -1.48. The number of nitrogens with zero attached hydrogens (tertiary/aromatic N) is 1. The minimum absolute atomic E-state index is 0.00283. The van der Waals surface area contributed by atoms with Crippen molar-refractivity contribution < 1.29 is 38.4 Å². The van der Waals surface area contributed by atoms with Gasteiger partial charge in [0.15, 0.2) is 0 Å². The van der Waals surface area contributed by atoms with Gasteiger partial charge in [0.05, 0.1) is 51.2 Å². The molecule has 0 spiro atoms. The Hall–Kier alpha value is -0.330. The first-order valence-corrected chi connectivity index (χ1v) is 13.8. The van der Waals surface area contributed by atoms with Crippen LogP contribution in [0.1, 0.15) is 20.7 Å². The monoisotopic (exact) mass is 731 g/mol. The molecule has 0 heterocycles. The zero-order valence-electron chi connectivity index (χ0n) is 16.5. The van der Waals surface area contributed by atoms with E-state index in [0.29, 0.717) is 0 Å². The molecule has 0 saturated carbocycles.